The number of nitrogens with one attached hydrogen (secondary N) is 2. The molecule has 4 heteroatoms. The lowest BCUT2D eigenvalue weighted by Gasteiger charge is -2.26. The van der Waals surface area contributed by atoms with Gasteiger partial charge in [0.15, 0.2) is 0 Å². The maximum Gasteiger partial charge on any atom is 0.0164 e. The smallest absolute Gasteiger partial charge is 0.0164 e. The molecule has 2 unspecified atom stereocenters. The van der Waals surface area contributed by atoms with Crippen molar-refractivity contribution in [1.82, 2.24) is 10.6 Å². The molecule has 2 N–H and O–H groups in total. The van der Waals surface area contributed by atoms with Crippen LogP contribution in [-0.4, -0.2) is 25.2 Å². The highest BCUT2D eigenvalue weighted by Gasteiger charge is 2.10. The van der Waals surface area contributed by atoms with Crippen LogP contribution >= 0.6 is 34.0 Å². The normalized spacial score (nSPS) is 31.8. The fourth-order valence-corrected chi connectivity index (χ4v) is 0.900. The van der Waals surface area contributed by atoms with E-state index in [1.807, 2.05) is 0 Å². The van der Waals surface area contributed by atoms with E-state index in [4.69, 9.17) is 0 Å². The van der Waals surface area contributed by atoms with Gasteiger partial charge >= 0.3 is 0 Å². The molecule has 0 aromatic carbocycles. The van der Waals surface area contributed by atoms with Crippen molar-refractivity contribution < 1.29 is 0 Å². The van der Waals surface area contributed by atoms with Crippen LogP contribution in [0.4, 0.5) is 0 Å². The van der Waals surface area contributed by atoms with Crippen LogP contribution in [0.2, 0.25) is 0 Å². The summed E-state index contributed by atoms with van der Waals surface area (Å²) in [6, 6.07) is 1.32. The van der Waals surface area contributed by atoms with Crippen LogP contribution in [-0.2, 0) is 0 Å². The zero-order chi connectivity index (χ0) is 5.98. The third kappa shape index (κ3) is 4.66. The van der Waals surface area contributed by atoms with Gasteiger partial charge in [-0.15, -0.1) is 34.0 Å². The molecule has 1 rings (SSSR count). The lowest BCUT2D eigenvalue weighted by molar-refractivity contribution is 0.376. The Morgan fingerprint density at radius 3 is 1.40 bits per heavy atom. The van der Waals surface area contributed by atoms with Crippen molar-refractivity contribution in [1.29, 1.82) is 0 Å². The minimum Gasteiger partial charge on any atom is -0.311 e. The first-order valence-electron chi connectivity index (χ1n) is 3.26. The van der Waals surface area contributed by atoms with Crippen molar-refractivity contribution in [2.24, 2.45) is 0 Å². The second-order valence-electron chi connectivity index (χ2n) is 2.62. The molecule has 1 fully saturated rings. The number of halogens is 2. The van der Waals surface area contributed by atoms with Gasteiger partial charge in [-0.05, 0) is 13.8 Å². The molecule has 0 spiro atoms. The second kappa shape index (κ2) is 6.58. The van der Waals surface area contributed by atoms with Gasteiger partial charge in [-0.1, -0.05) is 0 Å². The van der Waals surface area contributed by atoms with E-state index in [9.17, 15) is 0 Å². The standard InChI is InChI=1S/C6H14N2.2BrH/c1-5-3-8-6(2)4-7-5;;/h5-8H,3-4H2,1-2H3;2*1H. The average Bonchev–Trinajstić information content (AvgIpc) is 1.77. The van der Waals surface area contributed by atoms with Crippen molar-refractivity contribution in [2.75, 3.05) is 13.1 Å². The van der Waals surface area contributed by atoms with Crippen LogP contribution in [0, 0.1) is 0 Å². The van der Waals surface area contributed by atoms with Gasteiger partial charge in [-0.2, -0.15) is 0 Å². The first-order chi connectivity index (χ1) is 3.79. The Hall–Kier alpha value is 0.880. The lowest BCUT2D eigenvalue weighted by atomic mass is 10.2. The molecule has 0 amide bonds. The largest absolute Gasteiger partial charge is 0.311 e. The first kappa shape index (κ1) is 13.5. The molecule has 0 aromatic rings. The number of piperazine rings is 1. The highest BCUT2D eigenvalue weighted by Crippen LogP contribution is 1.89. The van der Waals surface area contributed by atoms with Gasteiger partial charge in [0.1, 0.15) is 0 Å². The van der Waals surface area contributed by atoms with E-state index in [0.717, 1.165) is 13.1 Å². The zero-order valence-corrected chi connectivity index (χ0v) is 9.81. The molecule has 1 aliphatic rings. The molecule has 2 atom stereocenters. The number of hydrogen-bond acceptors (Lipinski definition) is 2. The molecule has 64 valence electrons. The fraction of sp³-hybridized carbons (Fsp3) is 1.00. The maximum absolute atomic E-state index is 3.37. The van der Waals surface area contributed by atoms with Crippen molar-refractivity contribution in [3.63, 3.8) is 0 Å². The molecule has 1 saturated heterocycles. The van der Waals surface area contributed by atoms with E-state index in [-0.39, 0.29) is 34.0 Å². The molecule has 1 aliphatic heterocycles. The number of hydrogen-bond donors (Lipinski definition) is 2. The van der Waals surface area contributed by atoms with E-state index < -0.39 is 0 Å². The van der Waals surface area contributed by atoms with Gasteiger partial charge < -0.3 is 10.6 Å². The van der Waals surface area contributed by atoms with Crippen molar-refractivity contribution in [3.05, 3.63) is 0 Å². The van der Waals surface area contributed by atoms with Gasteiger partial charge in [0.25, 0.3) is 0 Å². The molecule has 0 aliphatic carbocycles. The lowest BCUT2D eigenvalue weighted by Crippen LogP contribution is -2.51. The van der Waals surface area contributed by atoms with E-state index >= 15 is 0 Å². The third-order valence-electron chi connectivity index (χ3n) is 1.54. The summed E-state index contributed by atoms with van der Waals surface area (Å²) in [5.41, 5.74) is 0. The van der Waals surface area contributed by atoms with Crippen LogP contribution in [0.3, 0.4) is 0 Å². The fourth-order valence-electron chi connectivity index (χ4n) is 0.900. The summed E-state index contributed by atoms with van der Waals surface area (Å²) in [6.07, 6.45) is 0. The van der Waals surface area contributed by atoms with Crippen molar-refractivity contribution >= 4 is 34.0 Å². The van der Waals surface area contributed by atoms with Crippen molar-refractivity contribution in [3.8, 4) is 0 Å². The predicted molar refractivity (Wildman–Crippen MR) is 55.6 cm³/mol. The summed E-state index contributed by atoms with van der Waals surface area (Å²) in [5, 5.41) is 6.74. The highest BCUT2D eigenvalue weighted by molar-refractivity contribution is 8.93. The van der Waals surface area contributed by atoms with Crippen LogP contribution < -0.4 is 10.6 Å². The van der Waals surface area contributed by atoms with Gasteiger partial charge in [-0.3, -0.25) is 0 Å². The summed E-state index contributed by atoms with van der Waals surface area (Å²) < 4.78 is 0. The summed E-state index contributed by atoms with van der Waals surface area (Å²) in [4.78, 5) is 0. The van der Waals surface area contributed by atoms with E-state index in [2.05, 4.69) is 24.5 Å². The van der Waals surface area contributed by atoms with Crippen LogP contribution in [0.5, 0.6) is 0 Å². The monoisotopic (exact) mass is 274 g/mol. The molecule has 0 bridgehead atoms. The molecule has 0 aromatic heterocycles. The zero-order valence-electron chi connectivity index (χ0n) is 6.39. The third-order valence-corrected chi connectivity index (χ3v) is 1.54. The Bertz CT molecular complexity index is 62.1. The average molecular weight is 276 g/mol. The Balaban J connectivity index is 0. The van der Waals surface area contributed by atoms with Gasteiger partial charge in [-0.25, -0.2) is 0 Å². The first-order valence-corrected chi connectivity index (χ1v) is 3.26. The highest BCUT2D eigenvalue weighted by atomic mass is 79.9. The Labute approximate surface area is 83.7 Å². The van der Waals surface area contributed by atoms with E-state index in [0.29, 0.717) is 12.1 Å². The Morgan fingerprint density at radius 1 is 0.900 bits per heavy atom. The van der Waals surface area contributed by atoms with E-state index in [1.165, 1.54) is 0 Å². The molecule has 0 saturated carbocycles. The summed E-state index contributed by atoms with van der Waals surface area (Å²) in [6.45, 7) is 6.61. The van der Waals surface area contributed by atoms with E-state index in [1.54, 1.807) is 0 Å². The second-order valence-corrected chi connectivity index (χ2v) is 2.62. The number of rotatable bonds is 0. The minimum atomic E-state index is 0. The predicted octanol–water partition coefficient (Wildman–Crippen LogP) is 1.11. The molecule has 0 radical (unpaired) electrons. The maximum atomic E-state index is 3.37. The molecule has 10 heavy (non-hydrogen) atoms. The minimum absolute atomic E-state index is 0. The van der Waals surface area contributed by atoms with Gasteiger partial charge in [0.2, 0.25) is 0 Å². The SMILES string of the molecule is Br.Br.CC1CNC(C)CN1. The summed E-state index contributed by atoms with van der Waals surface area (Å²) >= 11 is 0. The summed E-state index contributed by atoms with van der Waals surface area (Å²) in [5.74, 6) is 0. The molecule has 2 nitrogen and oxygen atoms in total. The van der Waals surface area contributed by atoms with Crippen LogP contribution in [0.15, 0.2) is 0 Å². The van der Waals surface area contributed by atoms with Crippen LogP contribution in [0.25, 0.3) is 0 Å². The molecule has 1 heterocycles. The Morgan fingerprint density at radius 2 is 1.20 bits per heavy atom. The van der Waals surface area contributed by atoms with Gasteiger partial charge in [0.05, 0.1) is 0 Å². The molecular formula is C6H16Br2N2. The molecular weight excluding hydrogens is 260 g/mol. The quantitative estimate of drug-likeness (QED) is 0.692. The van der Waals surface area contributed by atoms with Gasteiger partial charge in [0, 0.05) is 25.2 Å². The van der Waals surface area contributed by atoms with Crippen molar-refractivity contribution in [2.45, 2.75) is 25.9 Å². The van der Waals surface area contributed by atoms with Crippen LogP contribution in [0.1, 0.15) is 13.8 Å². The Kier molecular flexibility index (Phi) is 8.86. The topological polar surface area (TPSA) is 24.1 Å². The summed E-state index contributed by atoms with van der Waals surface area (Å²) in [7, 11) is 0.